The largest absolute Gasteiger partial charge is 0.468 e. The van der Waals surface area contributed by atoms with E-state index in [1.54, 1.807) is 6.07 Å². The third-order valence-electron chi connectivity index (χ3n) is 4.26. The molecule has 2 atom stereocenters. The van der Waals surface area contributed by atoms with E-state index in [9.17, 15) is 14.4 Å². The van der Waals surface area contributed by atoms with Crippen molar-refractivity contribution in [1.82, 2.24) is 4.98 Å². The van der Waals surface area contributed by atoms with Crippen LogP contribution >= 0.6 is 11.6 Å². The SMILES string of the molecule is COC(=O)C1CC2(CCC1=O)C(=O)Nc1ncc(Cl)cc12. The van der Waals surface area contributed by atoms with E-state index in [4.69, 9.17) is 11.6 Å². The van der Waals surface area contributed by atoms with Crippen LogP contribution in [0.15, 0.2) is 12.3 Å². The summed E-state index contributed by atoms with van der Waals surface area (Å²) in [5.41, 5.74) is -0.276. The zero-order valence-corrected chi connectivity index (χ0v) is 12.1. The maximum absolute atomic E-state index is 12.4. The van der Waals surface area contributed by atoms with E-state index < -0.39 is 17.3 Å². The molecule has 1 aliphatic carbocycles. The zero-order chi connectivity index (χ0) is 15.2. The first-order valence-electron chi connectivity index (χ1n) is 6.56. The molecule has 0 radical (unpaired) electrons. The van der Waals surface area contributed by atoms with Crippen LogP contribution in [0.1, 0.15) is 24.8 Å². The third-order valence-corrected chi connectivity index (χ3v) is 4.47. The molecule has 110 valence electrons. The molecule has 21 heavy (non-hydrogen) atoms. The Bertz CT molecular complexity index is 652. The summed E-state index contributed by atoms with van der Waals surface area (Å²) in [6, 6.07) is 1.67. The van der Waals surface area contributed by atoms with Crippen LogP contribution in [0.5, 0.6) is 0 Å². The molecule has 7 heteroatoms. The summed E-state index contributed by atoms with van der Waals surface area (Å²) in [6.07, 6.45) is 2.05. The van der Waals surface area contributed by atoms with Gasteiger partial charge in [0.2, 0.25) is 5.91 Å². The number of fused-ring (bicyclic) bond motifs is 2. The molecule has 3 rings (SSSR count). The Hall–Kier alpha value is -1.95. The van der Waals surface area contributed by atoms with Gasteiger partial charge in [-0.1, -0.05) is 11.6 Å². The average molecular weight is 309 g/mol. The average Bonchev–Trinajstić information content (AvgIpc) is 2.73. The van der Waals surface area contributed by atoms with Gasteiger partial charge in [0, 0.05) is 18.2 Å². The van der Waals surface area contributed by atoms with Gasteiger partial charge < -0.3 is 10.1 Å². The van der Waals surface area contributed by atoms with Crippen LogP contribution in [0, 0.1) is 5.92 Å². The summed E-state index contributed by atoms with van der Waals surface area (Å²) < 4.78 is 4.68. The fraction of sp³-hybridized carbons (Fsp3) is 0.429. The number of carbonyl (C=O) groups is 3. The molecule has 1 fully saturated rings. The number of carbonyl (C=O) groups excluding carboxylic acids is 3. The third kappa shape index (κ3) is 2.01. The van der Waals surface area contributed by atoms with Gasteiger partial charge in [0.1, 0.15) is 17.5 Å². The minimum Gasteiger partial charge on any atom is -0.468 e. The summed E-state index contributed by atoms with van der Waals surface area (Å²) in [5.74, 6) is -1.51. The Morgan fingerprint density at radius 2 is 2.29 bits per heavy atom. The summed E-state index contributed by atoms with van der Waals surface area (Å²) in [4.78, 5) is 40.3. The topological polar surface area (TPSA) is 85.4 Å². The van der Waals surface area contributed by atoms with Crippen LogP contribution < -0.4 is 5.32 Å². The number of anilines is 1. The van der Waals surface area contributed by atoms with Crippen LogP contribution in [0.25, 0.3) is 0 Å². The molecule has 1 spiro atoms. The van der Waals surface area contributed by atoms with E-state index in [0.717, 1.165) is 0 Å². The van der Waals surface area contributed by atoms with E-state index in [1.165, 1.54) is 13.3 Å². The Labute approximate surface area is 125 Å². The first kappa shape index (κ1) is 14.0. The smallest absolute Gasteiger partial charge is 0.316 e. The molecule has 0 aromatic carbocycles. The second-order valence-electron chi connectivity index (χ2n) is 5.33. The maximum Gasteiger partial charge on any atom is 0.316 e. The molecular formula is C14H13ClN2O4. The predicted molar refractivity (Wildman–Crippen MR) is 73.9 cm³/mol. The maximum atomic E-state index is 12.4. The number of amides is 1. The zero-order valence-electron chi connectivity index (χ0n) is 11.3. The molecule has 1 aromatic heterocycles. The molecule has 2 heterocycles. The lowest BCUT2D eigenvalue weighted by Gasteiger charge is -2.34. The molecule has 1 amide bonds. The lowest BCUT2D eigenvalue weighted by molar-refractivity contribution is -0.152. The van der Waals surface area contributed by atoms with E-state index in [2.05, 4.69) is 15.0 Å². The summed E-state index contributed by atoms with van der Waals surface area (Å²) in [7, 11) is 1.23. The molecular weight excluding hydrogens is 296 g/mol. The first-order valence-corrected chi connectivity index (χ1v) is 6.94. The van der Waals surface area contributed by atoms with Gasteiger partial charge in [-0.05, 0) is 18.9 Å². The molecule has 1 N–H and O–H groups in total. The monoisotopic (exact) mass is 308 g/mol. The van der Waals surface area contributed by atoms with Crippen molar-refractivity contribution in [3.63, 3.8) is 0 Å². The summed E-state index contributed by atoms with van der Waals surface area (Å²) >= 11 is 5.97. The highest BCUT2D eigenvalue weighted by Gasteiger charge is 2.53. The normalized spacial score (nSPS) is 27.4. The second kappa shape index (κ2) is 4.80. The van der Waals surface area contributed by atoms with Crippen LogP contribution in [0.4, 0.5) is 5.82 Å². The number of esters is 1. The number of ether oxygens (including phenoxy) is 1. The standard InChI is InChI=1S/C14H13ClN2O4/c1-21-12(19)8-5-14(3-2-10(8)18)9-4-7(15)6-16-11(9)17-13(14)20/h4,6,8H,2-3,5H2,1H3,(H,16,17,20). The molecule has 0 saturated heterocycles. The van der Waals surface area contributed by atoms with Gasteiger partial charge in [0.25, 0.3) is 0 Å². The Morgan fingerprint density at radius 1 is 1.52 bits per heavy atom. The minimum absolute atomic E-state index is 0.0966. The van der Waals surface area contributed by atoms with Crippen LogP contribution in [0.2, 0.25) is 5.02 Å². The second-order valence-corrected chi connectivity index (χ2v) is 5.77. The number of pyridine rings is 1. The molecule has 1 aliphatic heterocycles. The van der Waals surface area contributed by atoms with Crippen LogP contribution in [-0.2, 0) is 24.5 Å². The summed E-state index contributed by atoms with van der Waals surface area (Å²) in [6.45, 7) is 0. The molecule has 2 unspecified atom stereocenters. The van der Waals surface area contributed by atoms with Gasteiger partial charge >= 0.3 is 5.97 Å². The molecule has 6 nitrogen and oxygen atoms in total. The van der Waals surface area contributed by atoms with Gasteiger partial charge in [-0.2, -0.15) is 0 Å². The van der Waals surface area contributed by atoms with E-state index in [1.807, 2.05) is 0 Å². The number of halogens is 1. The molecule has 2 aliphatic rings. The number of ketones is 1. The highest BCUT2D eigenvalue weighted by Crippen LogP contribution is 2.48. The number of methoxy groups -OCH3 is 1. The van der Waals surface area contributed by atoms with Crippen molar-refractivity contribution < 1.29 is 19.1 Å². The number of hydrogen-bond acceptors (Lipinski definition) is 5. The predicted octanol–water partition coefficient (Wildman–Crippen LogP) is 1.47. The van der Waals surface area contributed by atoms with Gasteiger partial charge in [-0.15, -0.1) is 0 Å². The van der Waals surface area contributed by atoms with Crippen molar-refractivity contribution in [2.75, 3.05) is 12.4 Å². The highest BCUT2D eigenvalue weighted by molar-refractivity contribution is 6.30. The molecule has 1 aromatic rings. The lowest BCUT2D eigenvalue weighted by atomic mass is 9.66. The van der Waals surface area contributed by atoms with E-state index in [-0.39, 0.29) is 24.5 Å². The lowest BCUT2D eigenvalue weighted by Crippen LogP contribution is -2.45. The first-order chi connectivity index (χ1) is 9.98. The minimum atomic E-state index is -0.931. The van der Waals surface area contributed by atoms with Crippen LogP contribution in [-0.4, -0.2) is 29.8 Å². The number of nitrogens with one attached hydrogen (secondary N) is 1. The van der Waals surface area contributed by atoms with Crippen molar-refractivity contribution in [1.29, 1.82) is 0 Å². The Morgan fingerprint density at radius 3 is 3.00 bits per heavy atom. The van der Waals surface area contributed by atoms with Crippen molar-refractivity contribution in [2.45, 2.75) is 24.7 Å². The number of aromatic nitrogens is 1. The Kier molecular flexibility index (Phi) is 3.20. The van der Waals surface area contributed by atoms with Crippen LogP contribution in [0.3, 0.4) is 0 Å². The summed E-state index contributed by atoms with van der Waals surface area (Å²) in [5, 5.41) is 3.12. The number of rotatable bonds is 1. The van der Waals surface area contributed by atoms with E-state index >= 15 is 0 Å². The van der Waals surface area contributed by atoms with Gasteiger partial charge in [-0.3, -0.25) is 14.4 Å². The molecule has 0 bridgehead atoms. The van der Waals surface area contributed by atoms with Crippen molar-refractivity contribution in [3.05, 3.63) is 22.8 Å². The van der Waals surface area contributed by atoms with Gasteiger partial charge in [-0.25, -0.2) is 4.98 Å². The number of nitrogens with zero attached hydrogens (tertiary/aromatic N) is 1. The molecule has 1 saturated carbocycles. The number of hydrogen-bond donors (Lipinski definition) is 1. The van der Waals surface area contributed by atoms with Crippen molar-refractivity contribution in [3.8, 4) is 0 Å². The Balaban J connectivity index is 2.05. The quantitative estimate of drug-likeness (QED) is 0.627. The fourth-order valence-corrected chi connectivity index (χ4v) is 3.29. The highest BCUT2D eigenvalue weighted by atomic mass is 35.5. The van der Waals surface area contributed by atoms with Gasteiger partial charge in [0.05, 0.1) is 17.5 Å². The fourth-order valence-electron chi connectivity index (χ4n) is 3.14. The van der Waals surface area contributed by atoms with Crippen molar-refractivity contribution >= 4 is 35.1 Å². The van der Waals surface area contributed by atoms with E-state index in [0.29, 0.717) is 22.8 Å². The van der Waals surface area contributed by atoms with Gasteiger partial charge in [0.15, 0.2) is 0 Å². The number of Topliss-reactive ketones (excluding diaryl/α,β-unsaturated/α-hetero) is 1. The van der Waals surface area contributed by atoms with Crippen molar-refractivity contribution in [2.24, 2.45) is 5.92 Å².